The van der Waals surface area contributed by atoms with Crippen LogP contribution in [0.1, 0.15) is 20.8 Å². The molecule has 0 radical (unpaired) electrons. The van der Waals surface area contributed by atoms with Crippen LogP contribution in [-0.4, -0.2) is 24.9 Å². The molecule has 1 aromatic rings. The number of nitrogens with one attached hydrogen (secondary N) is 3. The Bertz CT molecular complexity index is 427. The van der Waals surface area contributed by atoms with Gasteiger partial charge in [0.2, 0.25) is 11.8 Å². The first kappa shape index (κ1) is 15.0. The van der Waals surface area contributed by atoms with Crippen molar-refractivity contribution in [3.05, 3.63) is 24.3 Å². The van der Waals surface area contributed by atoms with E-state index in [0.29, 0.717) is 6.54 Å². The summed E-state index contributed by atoms with van der Waals surface area (Å²) in [6.07, 6.45) is 0. The molecule has 5 nitrogen and oxygen atoms in total. The first-order valence-electron chi connectivity index (χ1n) is 6.44. The van der Waals surface area contributed by atoms with E-state index in [1.54, 1.807) is 12.1 Å². The third kappa shape index (κ3) is 5.42. The second kappa shape index (κ2) is 7.41. The van der Waals surface area contributed by atoms with Gasteiger partial charge in [0, 0.05) is 23.8 Å². The number of hydrogen-bond acceptors (Lipinski definition) is 3. The maximum absolute atomic E-state index is 11.5. The molecule has 0 spiro atoms. The molecule has 0 saturated heterocycles. The Morgan fingerprint density at radius 3 is 2.21 bits per heavy atom. The molecule has 1 aromatic carbocycles. The zero-order valence-corrected chi connectivity index (χ0v) is 11.6. The van der Waals surface area contributed by atoms with Crippen molar-refractivity contribution < 1.29 is 9.59 Å². The number of likely N-dealkylation sites (N-methyl/N-ethyl adjacent to an activating group) is 1. The second-order valence-electron chi connectivity index (χ2n) is 4.53. The van der Waals surface area contributed by atoms with Crippen LogP contribution in [0.3, 0.4) is 0 Å². The molecule has 0 heterocycles. The van der Waals surface area contributed by atoms with E-state index in [2.05, 4.69) is 16.0 Å². The molecule has 0 aliphatic carbocycles. The van der Waals surface area contributed by atoms with Crippen LogP contribution in [0.2, 0.25) is 0 Å². The Kier molecular flexibility index (Phi) is 5.85. The first-order chi connectivity index (χ1) is 9.02. The molecule has 0 atom stereocenters. The van der Waals surface area contributed by atoms with Gasteiger partial charge in [0.15, 0.2) is 0 Å². The highest BCUT2D eigenvalue weighted by atomic mass is 16.2. The molecule has 2 amide bonds. The van der Waals surface area contributed by atoms with Crippen LogP contribution in [0.4, 0.5) is 11.4 Å². The molecular weight excluding hydrogens is 242 g/mol. The van der Waals surface area contributed by atoms with Crippen molar-refractivity contribution in [3.8, 4) is 0 Å². The summed E-state index contributed by atoms with van der Waals surface area (Å²) < 4.78 is 0. The van der Waals surface area contributed by atoms with Crippen molar-refractivity contribution in [2.24, 2.45) is 5.92 Å². The summed E-state index contributed by atoms with van der Waals surface area (Å²) in [6.45, 7) is 6.44. The molecule has 0 bridgehead atoms. The predicted molar refractivity (Wildman–Crippen MR) is 77.1 cm³/mol. The minimum atomic E-state index is -0.0458. The lowest BCUT2D eigenvalue weighted by Crippen LogP contribution is -2.29. The third-order valence-electron chi connectivity index (χ3n) is 2.50. The molecule has 1 rings (SSSR count). The lowest BCUT2D eigenvalue weighted by atomic mass is 10.2. The molecule has 0 aliphatic heterocycles. The highest BCUT2D eigenvalue weighted by Crippen LogP contribution is 2.14. The number of carbonyl (C=O) groups is 2. The monoisotopic (exact) mass is 263 g/mol. The number of anilines is 2. The van der Waals surface area contributed by atoms with Crippen LogP contribution in [0.15, 0.2) is 24.3 Å². The zero-order valence-electron chi connectivity index (χ0n) is 11.6. The molecule has 19 heavy (non-hydrogen) atoms. The Hall–Kier alpha value is -2.04. The number of carbonyl (C=O) groups excluding carboxylic acids is 2. The quantitative estimate of drug-likeness (QED) is 0.733. The summed E-state index contributed by atoms with van der Waals surface area (Å²) in [4.78, 5) is 22.8. The van der Waals surface area contributed by atoms with E-state index in [9.17, 15) is 9.59 Å². The van der Waals surface area contributed by atoms with Crippen LogP contribution in [0.5, 0.6) is 0 Å². The fourth-order valence-corrected chi connectivity index (χ4v) is 1.40. The fraction of sp³-hybridized carbons (Fsp3) is 0.429. The van der Waals surface area contributed by atoms with Gasteiger partial charge < -0.3 is 16.0 Å². The van der Waals surface area contributed by atoms with Gasteiger partial charge >= 0.3 is 0 Å². The first-order valence-corrected chi connectivity index (χ1v) is 6.44. The van der Waals surface area contributed by atoms with Gasteiger partial charge in [0.25, 0.3) is 0 Å². The Morgan fingerprint density at radius 2 is 1.68 bits per heavy atom. The Balaban J connectivity index is 2.47. The molecule has 5 heteroatoms. The van der Waals surface area contributed by atoms with Gasteiger partial charge in [-0.15, -0.1) is 0 Å². The number of benzene rings is 1. The minimum Gasteiger partial charge on any atom is -0.376 e. The summed E-state index contributed by atoms with van der Waals surface area (Å²) in [6, 6.07) is 7.27. The molecular formula is C14H21N3O2. The van der Waals surface area contributed by atoms with E-state index < -0.39 is 0 Å². The lowest BCUT2D eigenvalue weighted by molar-refractivity contribution is -0.119. The topological polar surface area (TPSA) is 70.2 Å². The van der Waals surface area contributed by atoms with Gasteiger partial charge in [0.1, 0.15) is 0 Å². The van der Waals surface area contributed by atoms with Crippen molar-refractivity contribution in [2.75, 3.05) is 23.7 Å². The minimum absolute atomic E-state index is 0.0111. The van der Waals surface area contributed by atoms with Crippen LogP contribution in [0, 0.1) is 5.92 Å². The molecule has 0 aliphatic rings. The van der Waals surface area contributed by atoms with Gasteiger partial charge in [-0.05, 0) is 31.2 Å². The van der Waals surface area contributed by atoms with Gasteiger partial charge in [-0.25, -0.2) is 0 Å². The largest absolute Gasteiger partial charge is 0.376 e. The Morgan fingerprint density at radius 1 is 1.11 bits per heavy atom. The molecule has 104 valence electrons. The van der Waals surface area contributed by atoms with Gasteiger partial charge in [-0.2, -0.15) is 0 Å². The summed E-state index contributed by atoms with van der Waals surface area (Å²) in [5, 5.41) is 8.52. The lowest BCUT2D eigenvalue weighted by Gasteiger charge is -2.09. The van der Waals surface area contributed by atoms with Crippen LogP contribution >= 0.6 is 0 Å². The second-order valence-corrected chi connectivity index (χ2v) is 4.53. The molecule has 3 N–H and O–H groups in total. The normalized spacial score (nSPS) is 10.1. The molecule has 0 saturated carbocycles. The summed E-state index contributed by atoms with van der Waals surface area (Å²) in [7, 11) is 0. The van der Waals surface area contributed by atoms with Crippen LogP contribution in [-0.2, 0) is 9.59 Å². The zero-order chi connectivity index (χ0) is 14.3. The van der Waals surface area contributed by atoms with Crippen molar-refractivity contribution in [1.82, 2.24) is 5.32 Å². The van der Waals surface area contributed by atoms with E-state index >= 15 is 0 Å². The van der Waals surface area contributed by atoms with Crippen molar-refractivity contribution >= 4 is 23.2 Å². The highest BCUT2D eigenvalue weighted by Gasteiger charge is 2.06. The fourth-order valence-electron chi connectivity index (χ4n) is 1.40. The molecule has 0 unspecified atom stereocenters. The van der Waals surface area contributed by atoms with Crippen LogP contribution in [0.25, 0.3) is 0 Å². The van der Waals surface area contributed by atoms with E-state index in [-0.39, 0.29) is 24.3 Å². The average Bonchev–Trinajstić information content (AvgIpc) is 2.38. The number of amides is 2. The van der Waals surface area contributed by atoms with Crippen LogP contribution < -0.4 is 16.0 Å². The van der Waals surface area contributed by atoms with Crippen molar-refractivity contribution in [3.63, 3.8) is 0 Å². The average molecular weight is 263 g/mol. The number of hydrogen-bond donors (Lipinski definition) is 3. The highest BCUT2D eigenvalue weighted by molar-refractivity contribution is 5.92. The number of rotatable bonds is 6. The van der Waals surface area contributed by atoms with E-state index in [0.717, 1.165) is 11.4 Å². The standard InChI is InChI=1S/C14H21N3O2/c1-4-15-13(18)9-16-11-5-7-12(8-6-11)17-14(19)10(2)3/h5-8,10,16H,4,9H2,1-3H3,(H,15,18)(H,17,19). The van der Waals surface area contributed by atoms with Crippen molar-refractivity contribution in [2.45, 2.75) is 20.8 Å². The van der Waals surface area contributed by atoms with Crippen molar-refractivity contribution in [1.29, 1.82) is 0 Å². The predicted octanol–water partition coefficient (Wildman–Crippen LogP) is 1.83. The summed E-state index contributed by atoms with van der Waals surface area (Å²) >= 11 is 0. The van der Waals surface area contributed by atoms with E-state index in [1.165, 1.54) is 0 Å². The summed E-state index contributed by atoms with van der Waals surface area (Å²) in [5.74, 6) is -0.0988. The maximum Gasteiger partial charge on any atom is 0.239 e. The SMILES string of the molecule is CCNC(=O)CNc1ccc(NC(=O)C(C)C)cc1. The third-order valence-corrected chi connectivity index (χ3v) is 2.50. The van der Waals surface area contributed by atoms with Gasteiger partial charge in [-0.3, -0.25) is 9.59 Å². The maximum atomic E-state index is 11.5. The smallest absolute Gasteiger partial charge is 0.239 e. The van der Waals surface area contributed by atoms with E-state index in [1.807, 2.05) is 32.9 Å². The van der Waals surface area contributed by atoms with Gasteiger partial charge in [-0.1, -0.05) is 13.8 Å². The van der Waals surface area contributed by atoms with E-state index in [4.69, 9.17) is 0 Å². The Labute approximate surface area is 113 Å². The summed E-state index contributed by atoms with van der Waals surface area (Å²) in [5.41, 5.74) is 1.59. The van der Waals surface area contributed by atoms with Gasteiger partial charge in [0.05, 0.1) is 6.54 Å². The molecule has 0 aromatic heterocycles. The molecule has 0 fully saturated rings.